The fourth-order valence-electron chi connectivity index (χ4n) is 2.24. The van der Waals surface area contributed by atoms with Gasteiger partial charge in [-0.25, -0.2) is 14.6 Å². The summed E-state index contributed by atoms with van der Waals surface area (Å²) < 4.78 is 0. The summed E-state index contributed by atoms with van der Waals surface area (Å²) in [7, 11) is 0. The van der Waals surface area contributed by atoms with Crippen molar-refractivity contribution in [2.45, 2.75) is 20.3 Å². The smallest absolute Gasteiger partial charge is 0.354 e. The van der Waals surface area contributed by atoms with Crippen molar-refractivity contribution in [3.8, 4) is 0 Å². The normalized spacial score (nSPS) is 22.4. The average Bonchev–Trinajstić information content (AvgIpc) is 2.42. The van der Waals surface area contributed by atoms with Crippen LogP contribution in [0.3, 0.4) is 0 Å². The van der Waals surface area contributed by atoms with Crippen LogP contribution < -0.4 is 5.32 Å². The molecule has 0 bridgehead atoms. The molecule has 1 aliphatic heterocycles. The van der Waals surface area contributed by atoms with Gasteiger partial charge in [0.15, 0.2) is 0 Å². The Bertz CT molecular complexity index is 501. The molecule has 108 valence electrons. The Morgan fingerprint density at radius 3 is 2.65 bits per heavy atom. The van der Waals surface area contributed by atoms with Gasteiger partial charge in [-0.15, -0.1) is 0 Å². The summed E-state index contributed by atoms with van der Waals surface area (Å²) in [5.41, 5.74) is 0.467. The molecular weight excluding hydrogens is 258 g/mol. The number of carboxylic acid groups (broad SMARTS) is 1. The SMILES string of the molecule is CC1CCN(C(=O)Nc2ccc(C(=O)O)nc2)CC1C. The number of carboxylic acids is 1. The number of likely N-dealkylation sites (tertiary alicyclic amines) is 1. The molecule has 2 atom stereocenters. The van der Waals surface area contributed by atoms with E-state index in [2.05, 4.69) is 24.1 Å². The van der Waals surface area contributed by atoms with Gasteiger partial charge in [-0.2, -0.15) is 0 Å². The number of nitrogens with zero attached hydrogens (tertiary/aromatic N) is 2. The molecule has 6 heteroatoms. The first-order chi connectivity index (χ1) is 9.47. The number of aromatic carboxylic acids is 1. The lowest BCUT2D eigenvalue weighted by Crippen LogP contribution is -2.44. The van der Waals surface area contributed by atoms with Gasteiger partial charge in [-0.05, 0) is 30.4 Å². The number of hydrogen-bond acceptors (Lipinski definition) is 3. The molecule has 1 aromatic rings. The number of piperidine rings is 1. The number of amides is 2. The lowest BCUT2D eigenvalue weighted by Gasteiger charge is -2.35. The summed E-state index contributed by atoms with van der Waals surface area (Å²) in [5, 5.41) is 11.5. The lowest BCUT2D eigenvalue weighted by atomic mass is 9.89. The van der Waals surface area contributed by atoms with Crippen molar-refractivity contribution in [1.82, 2.24) is 9.88 Å². The molecule has 2 rings (SSSR count). The molecule has 0 radical (unpaired) electrons. The van der Waals surface area contributed by atoms with Gasteiger partial charge in [0.25, 0.3) is 0 Å². The number of carbonyl (C=O) groups is 2. The van der Waals surface area contributed by atoms with Gasteiger partial charge in [0.1, 0.15) is 5.69 Å². The summed E-state index contributed by atoms with van der Waals surface area (Å²) in [6, 6.07) is 2.76. The first-order valence-electron chi connectivity index (χ1n) is 6.72. The topological polar surface area (TPSA) is 82.5 Å². The Morgan fingerprint density at radius 2 is 2.10 bits per heavy atom. The Hall–Kier alpha value is -2.11. The summed E-state index contributed by atoms with van der Waals surface area (Å²) in [6.07, 6.45) is 2.36. The second-order valence-corrected chi connectivity index (χ2v) is 5.36. The fraction of sp³-hybridized carbons (Fsp3) is 0.500. The fourth-order valence-corrected chi connectivity index (χ4v) is 2.24. The maximum absolute atomic E-state index is 12.1. The van der Waals surface area contributed by atoms with E-state index in [1.165, 1.54) is 12.3 Å². The summed E-state index contributed by atoms with van der Waals surface area (Å²) in [6.45, 7) is 5.84. The monoisotopic (exact) mass is 277 g/mol. The molecule has 2 N–H and O–H groups in total. The van der Waals surface area contributed by atoms with E-state index in [0.717, 1.165) is 19.5 Å². The third-order valence-electron chi connectivity index (χ3n) is 3.86. The lowest BCUT2D eigenvalue weighted by molar-refractivity contribution is 0.0690. The van der Waals surface area contributed by atoms with E-state index in [-0.39, 0.29) is 11.7 Å². The van der Waals surface area contributed by atoms with Crippen LogP contribution in [0.2, 0.25) is 0 Å². The van der Waals surface area contributed by atoms with Gasteiger partial charge in [-0.1, -0.05) is 13.8 Å². The van der Waals surface area contributed by atoms with Crippen molar-refractivity contribution in [3.63, 3.8) is 0 Å². The maximum atomic E-state index is 12.1. The number of rotatable bonds is 2. The molecule has 1 fully saturated rings. The van der Waals surface area contributed by atoms with Crippen LogP contribution in [-0.2, 0) is 0 Å². The van der Waals surface area contributed by atoms with Crippen LogP contribution in [0.5, 0.6) is 0 Å². The van der Waals surface area contributed by atoms with Gasteiger partial charge in [0, 0.05) is 13.1 Å². The molecule has 1 saturated heterocycles. The van der Waals surface area contributed by atoms with E-state index in [4.69, 9.17) is 5.11 Å². The minimum atomic E-state index is -1.08. The van der Waals surface area contributed by atoms with Crippen molar-refractivity contribution in [2.24, 2.45) is 11.8 Å². The zero-order valence-electron chi connectivity index (χ0n) is 11.7. The Labute approximate surface area is 117 Å². The quantitative estimate of drug-likeness (QED) is 0.868. The van der Waals surface area contributed by atoms with Crippen LogP contribution >= 0.6 is 0 Å². The number of hydrogen-bond donors (Lipinski definition) is 2. The van der Waals surface area contributed by atoms with Crippen molar-refractivity contribution < 1.29 is 14.7 Å². The molecular formula is C14H19N3O3. The molecule has 1 aromatic heterocycles. The Morgan fingerprint density at radius 1 is 1.35 bits per heavy atom. The van der Waals surface area contributed by atoms with Crippen molar-refractivity contribution >= 4 is 17.7 Å². The minimum Gasteiger partial charge on any atom is -0.477 e. The van der Waals surface area contributed by atoms with Gasteiger partial charge < -0.3 is 15.3 Å². The van der Waals surface area contributed by atoms with Crippen molar-refractivity contribution in [2.75, 3.05) is 18.4 Å². The van der Waals surface area contributed by atoms with E-state index in [1.807, 2.05) is 0 Å². The van der Waals surface area contributed by atoms with E-state index < -0.39 is 5.97 Å². The first-order valence-corrected chi connectivity index (χ1v) is 6.72. The van der Waals surface area contributed by atoms with E-state index in [1.54, 1.807) is 11.0 Å². The number of anilines is 1. The number of urea groups is 1. The predicted molar refractivity (Wildman–Crippen MR) is 74.7 cm³/mol. The van der Waals surface area contributed by atoms with Crippen LogP contribution in [-0.4, -0.2) is 40.1 Å². The highest BCUT2D eigenvalue weighted by atomic mass is 16.4. The molecule has 0 aliphatic carbocycles. The van der Waals surface area contributed by atoms with Crippen LogP contribution in [0, 0.1) is 11.8 Å². The van der Waals surface area contributed by atoms with Crippen molar-refractivity contribution in [3.05, 3.63) is 24.0 Å². The highest BCUT2D eigenvalue weighted by Gasteiger charge is 2.25. The largest absolute Gasteiger partial charge is 0.477 e. The van der Waals surface area contributed by atoms with Gasteiger partial charge in [-0.3, -0.25) is 0 Å². The molecule has 2 heterocycles. The summed E-state index contributed by atoms with van der Waals surface area (Å²) in [4.78, 5) is 28.4. The van der Waals surface area contributed by atoms with Crippen molar-refractivity contribution in [1.29, 1.82) is 0 Å². The van der Waals surface area contributed by atoms with E-state index >= 15 is 0 Å². The molecule has 20 heavy (non-hydrogen) atoms. The molecule has 0 saturated carbocycles. The third-order valence-corrected chi connectivity index (χ3v) is 3.86. The first kappa shape index (κ1) is 14.3. The number of carbonyl (C=O) groups excluding carboxylic acids is 1. The van der Waals surface area contributed by atoms with Gasteiger partial charge in [0.05, 0.1) is 11.9 Å². The third kappa shape index (κ3) is 3.26. The molecule has 2 amide bonds. The van der Waals surface area contributed by atoms with E-state index in [0.29, 0.717) is 17.5 Å². The van der Waals surface area contributed by atoms with Crippen LogP contribution in [0.25, 0.3) is 0 Å². The summed E-state index contributed by atoms with van der Waals surface area (Å²) in [5.74, 6) is 0.0410. The molecule has 2 unspecified atom stereocenters. The highest BCUT2D eigenvalue weighted by molar-refractivity contribution is 5.90. The number of aromatic nitrogens is 1. The number of pyridine rings is 1. The molecule has 0 aromatic carbocycles. The number of nitrogens with one attached hydrogen (secondary N) is 1. The second-order valence-electron chi connectivity index (χ2n) is 5.36. The highest BCUT2D eigenvalue weighted by Crippen LogP contribution is 2.22. The zero-order valence-corrected chi connectivity index (χ0v) is 11.7. The summed E-state index contributed by atoms with van der Waals surface area (Å²) >= 11 is 0. The molecule has 1 aliphatic rings. The van der Waals surface area contributed by atoms with E-state index in [9.17, 15) is 9.59 Å². The molecule has 6 nitrogen and oxygen atoms in total. The Kier molecular flexibility index (Phi) is 4.22. The van der Waals surface area contributed by atoms with Gasteiger partial charge in [0.2, 0.25) is 0 Å². The van der Waals surface area contributed by atoms with Crippen LogP contribution in [0.1, 0.15) is 30.8 Å². The average molecular weight is 277 g/mol. The Balaban J connectivity index is 1.96. The zero-order chi connectivity index (χ0) is 14.7. The van der Waals surface area contributed by atoms with Crippen LogP contribution in [0.15, 0.2) is 18.3 Å². The maximum Gasteiger partial charge on any atom is 0.354 e. The standard InChI is InChI=1S/C14H19N3O3/c1-9-5-6-17(8-10(9)2)14(20)16-11-3-4-12(13(18)19)15-7-11/h3-4,7,9-10H,5-6,8H2,1-2H3,(H,16,20)(H,18,19). The second kappa shape index (κ2) is 5.90. The predicted octanol–water partition coefficient (Wildman–Crippen LogP) is 2.29. The molecule has 0 spiro atoms. The minimum absolute atomic E-state index is 0.0385. The van der Waals surface area contributed by atoms with Crippen LogP contribution in [0.4, 0.5) is 10.5 Å². The van der Waals surface area contributed by atoms with Gasteiger partial charge >= 0.3 is 12.0 Å².